The molecule has 4 aromatic rings. The number of aromatic nitrogens is 3. The second-order valence-electron chi connectivity index (χ2n) is 6.27. The van der Waals surface area contributed by atoms with Crippen LogP contribution in [0.2, 0.25) is 5.02 Å². The summed E-state index contributed by atoms with van der Waals surface area (Å²) in [6.07, 6.45) is 3.17. The summed E-state index contributed by atoms with van der Waals surface area (Å²) in [5.41, 5.74) is 1.68. The van der Waals surface area contributed by atoms with E-state index in [9.17, 15) is 14.3 Å². The number of hydrogen-bond acceptors (Lipinski definition) is 4. The largest absolute Gasteiger partial charge is 0.505 e. The maximum Gasteiger partial charge on any atom is 0.333 e. The number of nitrogens with zero attached hydrogens (tertiary/aromatic N) is 3. The van der Waals surface area contributed by atoms with Gasteiger partial charge in [-0.15, -0.1) is 0 Å². The van der Waals surface area contributed by atoms with Crippen LogP contribution in [0.4, 0.5) is 4.39 Å². The fourth-order valence-corrected chi connectivity index (χ4v) is 3.00. The molecule has 0 saturated carbocycles. The molecule has 0 amide bonds. The van der Waals surface area contributed by atoms with E-state index in [1.54, 1.807) is 49.8 Å². The predicted octanol–water partition coefficient (Wildman–Crippen LogP) is 3.78. The van der Waals surface area contributed by atoms with Crippen molar-refractivity contribution in [2.75, 3.05) is 0 Å². The summed E-state index contributed by atoms with van der Waals surface area (Å²) in [4.78, 5) is 17.0. The van der Waals surface area contributed by atoms with E-state index in [4.69, 9.17) is 16.3 Å². The Bertz CT molecular complexity index is 1230. The number of phenols is 1. The van der Waals surface area contributed by atoms with Crippen LogP contribution in [0.3, 0.4) is 0 Å². The van der Waals surface area contributed by atoms with Crippen LogP contribution in [-0.2, 0) is 13.7 Å². The van der Waals surface area contributed by atoms with Crippen LogP contribution in [0.5, 0.6) is 11.5 Å². The number of rotatable bonds is 4. The van der Waals surface area contributed by atoms with Crippen LogP contribution in [0, 0.1) is 5.82 Å². The predicted molar refractivity (Wildman–Crippen MR) is 103 cm³/mol. The van der Waals surface area contributed by atoms with Gasteiger partial charge in [0.2, 0.25) is 0 Å². The highest BCUT2D eigenvalue weighted by Crippen LogP contribution is 2.27. The highest BCUT2D eigenvalue weighted by molar-refractivity contribution is 6.30. The molecule has 0 radical (unpaired) electrons. The lowest BCUT2D eigenvalue weighted by Crippen LogP contribution is -2.23. The van der Waals surface area contributed by atoms with E-state index in [1.165, 1.54) is 21.1 Å². The fourth-order valence-electron chi connectivity index (χ4n) is 2.88. The molecule has 0 spiro atoms. The molecule has 2 heterocycles. The van der Waals surface area contributed by atoms with Crippen molar-refractivity contribution >= 4 is 17.2 Å². The molecule has 0 bridgehead atoms. The molecule has 0 atom stereocenters. The van der Waals surface area contributed by atoms with E-state index in [-0.39, 0.29) is 12.3 Å². The highest BCUT2D eigenvalue weighted by atomic mass is 35.5. The minimum Gasteiger partial charge on any atom is -0.505 e. The SMILES string of the molecule is Cn1cc(-c2ccc(O)c(F)c2)c2nc(COc3ccc(Cl)cc3)cn2c1=O. The summed E-state index contributed by atoms with van der Waals surface area (Å²) in [5, 5.41) is 10.0. The Labute approximate surface area is 164 Å². The molecule has 6 nitrogen and oxygen atoms in total. The lowest BCUT2D eigenvalue weighted by Gasteiger charge is -2.07. The summed E-state index contributed by atoms with van der Waals surface area (Å²) in [5.74, 6) is -0.567. The van der Waals surface area contributed by atoms with E-state index < -0.39 is 11.6 Å². The molecule has 0 aliphatic heterocycles. The van der Waals surface area contributed by atoms with Crippen LogP contribution >= 0.6 is 11.6 Å². The zero-order chi connectivity index (χ0) is 19.8. The molecule has 2 aromatic carbocycles. The molecule has 4 rings (SSSR count). The molecule has 0 unspecified atom stereocenters. The van der Waals surface area contributed by atoms with Crippen molar-refractivity contribution in [3.63, 3.8) is 0 Å². The monoisotopic (exact) mass is 399 g/mol. The van der Waals surface area contributed by atoms with Crippen LogP contribution in [0.25, 0.3) is 16.8 Å². The second-order valence-corrected chi connectivity index (χ2v) is 6.71. The topological polar surface area (TPSA) is 68.8 Å². The van der Waals surface area contributed by atoms with Crippen molar-refractivity contribution in [2.45, 2.75) is 6.61 Å². The zero-order valence-electron chi connectivity index (χ0n) is 14.8. The minimum absolute atomic E-state index is 0.149. The summed E-state index contributed by atoms with van der Waals surface area (Å²) < 4.78 is 22.3. The molecule has 0 aliphatic carbocycles. The lowest BCUT2D eigenvalue weighted by atomic mass is 10.1. The van der Waals surface area contributed by atoms with Gasteiger partial charge in [-0.25, -0.2) is 14.2 Å². The van der Waals surface area contributed by atoms with Crippen molar-refractivity contribution in [1.82, 2.24) is 14.0 Å². The van der Waals surface area contributed by atoms with Gasteiger partial charge in [-0.1, -0.05) is 17.7 Å². The van der Waals surface area contributed by atoms with Crippen molar-refractivity contribution in [3.05, 3.63) is 81.9 Å². The first-order chi connectivity index (χ1) is 13.4. The summed E-state index contributed by atoms with van der Waals surface area (Å²) in [7, 11) is 1.60. The number of aryl methyl sites for hydroxylation is 1. The number of aromatic hydroxyl groups is 1. The number of imidazole rings is 1. The van der Waals surface area contributed by atoms with Crippen molar-refractivity contribution in [1.29, 1.82) is 0 Å². The van der Waals surface area contributed by atoms with Crippen molar-refractivity contribution in [2.24, 2.45) is 7.05 Å². The first-order valence-electron chi connectivity index (χ1n) is 8.37. The number of hydrogen-bond donors (Lipinski definition) is 1. The fraction of sp³-hybridized carbons (Fsp3) is 0.100. The Morgan fingerprint density at radius 2 is 1.93 bits per heavy atom. The first-order valence-corrected chi connectivity index (χ1v) is 8.75. The molecule has 0 fully saturated rings. The molecular weight excluding hydrogens is 385 g/mol. The van der Waals surface area contributed by atoms with E-state index in [0.29, 0.717) is 33.2 Å². The van der Waals surface area contributed by atoms with E-state index in [2.05, 4.69) is 4.98 Å². The normalized spacial score (nSPS) is 11.1. The summed E-state index contributed by atoms with van der Waals surface area (Å²) in [6, 6.07) is 10.9. The van der Waals surface area contributed by atoms with Crippen LogP contribution < -0.4 is 10.4 Å². The van der Waals surface area contributed by atoms with Gasteiger partial charge in [-0.05, 0) is 42.0 Å². The van der Waals surface area contributed by atoms with E-state index in [1.807, 2.05) is 0 Å². The third-order valence-electron chi connectivity index (χ3n) is 4.29. The third-order valence-corrected chi connectivity index (χ3v) is 4.54. The van der Waals surface area contributed by atoms with Gasteiger partial charge < -0.3 is 14.4 Å². The Morgan fingerprint density at radius 1 is 1.18 bits per heavy atom. The van der Waals surface area contributed by atoms with Gasteiger partial charge in [0.1, 0.15) is 12.4 Å². The molecular formula is C20H15ClFN3O3. The molecule has 0 saturated heterocycles. The summed E-state index contributed by atoms with van der Waals surface area (Å²) in [6.45, 7) is 0.149. The third kappa shape index (κ3) is 3.32. The van der Waals surface area contributed by atoms with Gasteiger partial charge >= 0.3 is 5.69 Å². The molecule has 28 heavy (non-hydrogen) atoms. The maximum atomic E-state index is 13.8. The van der Waals surface area contributed by atoms with Gasteiger partial charge in [-0.3, -0.25) is 4.40 Å². The standard InChI is InChI=1S/C20H15ClFN3O3/c1-24-10-16(12-2-7-18(26)17(22)8-12)19-23-14(9-25(19)20(24)27)11-28-15-5-3-13(21)4-6-15/h2-10,26H,11H2,1H3. The minimum atomic E-state index is -0.748. The summed E-state index contributed by atoms with van der Waals surface area (Å²) >= 11 is 5.86. The van der Waals surface area contributed by atoms with E-state index in [0.717, 1.165) is 0 Å². The second kappa shape index (κ2) is 7.01. The number of benzene rings is 2. The van der Waals surface area contributed by atoms with Gasteiger partial charge in [0.15, 0.2) is 17.2 Å². The van der Waals surface area contributed by atoms with Gasteiger partial charge in [0.05, 0.1) is 5.69 Å². The Hall–Kier alpha value is -3.32. The van der Waals surface area contributed by atoms with Gasteiger partial charge in [-0.2, -0.15) is 0 Å². The molecule has 2 aromatic heterocycles. The van der Waals surface area contributed by atoms with E-state index >= 15 is 0 Å². The Balaban J connectivity index is 1.75. The first kappa shape index (κ1) is 18.1. The lowest BCUT2D eigenvalue weighted by molar-refractivity contribution is 0.302. The van der Waals surface area contributed by atoms with Gasteiger partial charge in [0, 0.05) is 30.0 Å². The van der Waals surface area contributed by atoms with Crippen molar-refractivity contribution in [3.8, 4) is 22.6 Å². The molecule has 1 N–H and O–H groups in total. The average Bonchev–Trinajstić information content (AvgIpc) is 3.11. The number of fused-ring (bicyclic) bond motifs is 1. The quantitative estimate of drug-likeness (QED) is 0.567. The Morgan fingerprint density at radius 3 is 2.64 bits per heavy atom. The Kier molecular flexibility index (Phi) is 4.52. The number of phenolic OH excluding ortho intramolecular Hbond substituents is 1. The number of ether oxygens (including phenoxy) is 1. The molecule has 0 aliphatic rings. The van der Waals surface area contributed by atoms with Crippen LogP contribution in [0.15, 0.2) is 59.7 Å². The number of halogens is 2. The van der Waals surface area contributed by atoms with Crippen LogP contribution in [-0.4, -0.2) is 19.1 Å². The molecule has 142 valence electrons. The zero-order valence-corrected chi connectivity index (χ0v) is 15.5. The smallest absolute Gasteiger partial charge is 0.333 e. The average molecular weight is 400 g/mol. The van der Waals surface area contributed by atoms with Crippen molar-refractivity contribution < 1.29 is 14.2 Å². The maximum absolute atomic E-state index is 13.8. The highest BCUT2D eigenvalue weighted by Gasteiger charge is 2.14. The van der Waals surface area contributed by atoms with Crippen LogP contribution in [0.1, 0.15) is 5.69 Å². The van der Waals surface area contributed by atoms with Gasteiger partial charge in [0.25, 0.3) is 0 Å². The molecule has 8 heteroatoms.